The predicted molar refractivity (Wildman–Crippen MR) is 206 cm³/mol. The molecule has 0 aliphatic rings. The molecule has 0 bridgehead atoms. The van der Waals surface area contributed by atoms with E-state index in [2.05, 4.69) is 103 Å². The van der Waals surface area contributed by atoms with Gasteiger partial charge in [0.15, 0.2) is 27.5 Å². The zero-order valence-corrected chi connectivity index (χ0v) is 36.8. The van der Waals surface area contributed by atoms with Crippen molar-refractivity contribution in [3.05, 3.63) is 135 Å². The van der Waals surface area contributed by atoms with E-state index in [0.29, 0.717) is 27.5 Å². The molecule has 0 aliphatic heterocycles. The SMILES string of the molecule is O=[N+]([O-])c1nonc1C(=Nc1ccc(F)c(Br)c1)NO.O=c1ccc(CBr)n[nH]1.O=c1ccc(CSc2nonc2C(=Nc2ccc(F)c(Br)c2)NO)n[nH]1.[Na+].[SH-]. The molecular formula is C28H21Br3F2N13NaO8S2. The third-order valence-electron chi connectivity index (χ3n) is 6.02. The fraction of sp³-hybridized carbons (Fsp3) is 0.0714. The number of aromatic amines is 2. The number of hydrogen-bond acceptors (Lipinski definition) is 18. The van der Waals surface area contributed by atoms with E-state index in [1.807, 2.05) is 5.48 Å². The van der Waals surface area contributed by atoms with Gasteiger partial charge in [-0.05, 0) is 101 Å². The molecule has 4 aromatic heterocycles. The molecule has 2 aromatic carbocycles. The van der Waals surface area contributed by atoms with Crippen LogP contribution in [0.3, 0.4) is 0 Å². The van der Waals surface area contributed by atoms with Crippen LogP contribution < -0.4 is 51.6 Å². The number of nitro groups is 1. The fourth-order valence-corrected chi connectivity index (χ4v) is 5.39. The van der Waals surface area contributed by atoms with Crippen molar-refractivity contribution in [2.75, 3.05) is 0 Å². The van der Waals surface area contributed by atoms with Crippen LogP contribution in [0.2, 0.25) is 0 Å². The van der Waals surface area contributed by atoms with Crippen molar-refractivity contribution in [2.24, 2.45) is 9.98 Å². The average Bonchev–Trinajstić information content (AvgIpc) is 3.87. The number of nitrogens with zero attached hydrogens (tertiary/aromatic N) is 9. The summed E-state index contributed by atoms with van der Waals surface area (Å²) in [4.78, 5) is 39.3. The molecule has 0 saturated heterocycles. The molecular weight excluding hydrogens is 1010 g/mol. The van der Waals surface area contributed by atoms with Gasteiger partial charge in [-0.25, -0.2) is 39.1 Å². The third-order valence-corrected chi connectivity index (χ3v) is 8.79. The van der Waals surface area contributed by atoms with Gasteiger partial charge in [0.1, 0.15) is 11.6 Å². The van der Waals surface area contributed by atoms with Crippen LogP contribution in [0.5, 0.6) is 0 Å². The van der Waals surface area contributed by atoms with Crippen LogP contribution in [0.1, 0.15) is 22.8 Å². The molecule has 57 heavy (non-hydrogen) atoms. The molecule has 21 nitrogen and oxygen atoms in total. The van der Waals surface area contributed by atoms with Crippen LogP contribution in [-0.4, -0.2) is 68.0 Å². The Labute approximate surface area is 374 Å². The van der Waals surface area contributed by atoms with E-state index in [9.17, 15) is 33.7 Å². The standard InChI is InChI=1S/C14H10BrFN6O3S.C9H5BrFN5O4.C5H5BrN2O.Na.H2S/c15-9-5-7(1-3-10(9)16)17-13(20-24)12-14(22-25-21-12)26-6-8-2-4-11(23)19-18-8;10-5-3-4(1-2-6(5)11)12-8(13-17)7-9(16(18)19)15-20-14-7;6-3-4-1-2-5(9)8-7-4;;/h1-5,24H,6H2,(H,17,20)(H,19,23);1-3,17H,(H,12,13);1-2H,3H2,(H,8,9);;1H2/q;;;+1;/p-1. The topological polar surface area (TPSA) is 302 Å². The number of thioether (sulfide) groups is 1. The number of alkyl halides is 1. The van der Waals surface area contributed by atoms with Crippen LogP contribution in [0, 0.1) is 21.7 Å². The first kappa shape index (κ1) is 48.9. The van der Waals surface area contributed by atoms with Gasteiger partial charge in [-0.2, -0.15) is 10.2 Å². The number of amidine groups is 2. The van der Waals surface area contributed by atoms with Gasteiger partial charge in [0.05, 0.1) is 31.7 Å². The fourth-order valence-electron chi connectivity index (χ4n) is 3.55. The number of thiol groups is 1. The zero-order valence-electron chi connectivity index (χ0n) is 28.3. The molecule has 0 aliphatic carbocycles. The Hall–Kier alpha value is -4.26. The molecule has 4 heterocycles. The van der Waals surface area contributed by atoms with Crippen molar-refractivity contribution in [3.8, 4) is 0 Å². The maximum absolute atomic E-state index is 13.3. The van der Waals surface area contributed by atoms with Gasteiger partial charge >= 0.3 is 35.4 Å². The molecule has 0 spiro atoms. The zero-order chi connectivity index (χ0) is 39.9. The second kappa shape index (κ2) is 24.5. The molecule has 294 valence electrons. The summed E-state index contributed by atoms with van der Waals surface area (Å²) in [7, 11) is 0. The number of rotatable bonds is 9. The van der Waals surface area contributed by atoms with E-state index in [-0.39, 0.29) is 86.2 Å². The average molecular weight is 1030 g/mol. The summed E-state index contributed by atoms with van der Waals surface area (Å²) < 4.78 is 35.7. The summed E-state index contributed by atoms with van der Waals surface area (Å²) in [6.45, 7) is 0. The van der Waals surface area contributed by atoms with E-state index >= 15 is 0 Å². The Kier molecular flexibility index (Phi) is 21.0. The first-order chi connectivity index (χ1) is 26.4. The monoisotopic (exact) mass is 1030 g/mol. The van der Waals surface area contributed by atoms with E-state index in [1.165, 1.54) is 54.2 Å². The third kappa shape index (κ3) is 14.9. The first-order valence-corrected chi connectivity index (χ1v) is 18.1. The Morgan fingerprint density at radius 1 is 0.807 bits per heavy atom. The number of H-pyrrole nitrogens is 2. The van der Waals surface area contributed by atoms with Gasteiger partial charge < -0.3 is 23.6 Å². The normalized spacial score (nSPS) is 10.8. The Morgan fingerprint density at radius 2 is 1.30 bits per heavy atom. The minimum absolute atomic E-state index is 0. The molecule has 0 amide bonds. The van der Waals surface area contributed by atoms with Gasteiger partial charge in [0.25, 0.3) is 16.8 Å². The minimum atomic E-state index is -0.848. The van der Waals surface area contributed by atoms with Crippen LogP contribution in [0.25, 0.3) is 0 Å². The van der Waals surface area contributed by atoms with Crippen LogP contribution in [0.4, 0.5) is 26.0 Å². The number of aliphatic imine (C=N–C) groups is 2. The molecule has 0 unspecified atom stereocenters. The second-order valence-corrected chi connectivity index (χ2v) is 12.9. The summed E-state index contributed by atoms with van der Waals surface area (Å²) in [5.74, 6) is -1.67. The van der Waals surface area contributed by atoms with Gasteiger partial charge in [-0.15, -0.1) is 4.63 Å². The van der Waals surface area contributed by atoms with Crippen molar-refractivity contribution in [2.45, 2.75) is 16.1 Å². The van der Waals surface area contributed by atoms with Crippen molar-refractivity contribution in [1.29, 1.82) is 0 Å². The number of aromatic nitrogens is 8. The number of halogens is 5. The quantitative estimate of drug-likeness (QED) is 0.0138. The van der Waals surface area contributed by atoms with E-state index in [1.54, 1.807) is 17.6 Å². The summed E-state index contributed by atoms with van der Waals surface area (Å²) in [6.07, 6.45) is 0. The van der Waals surface area contributed by atoms with Gasteiger partial charge in [0, 0.05) is 23.2 Å². The Morgan fingerprint density at radius 3 is 1.75 bits per heavy atom. The smallest absolute Gasteiger partial charge is 0.813 e. The first-order valence-electron chi connectivity index (χ1n) is 14.4. The molecule has 6 N–H and O–H groups in total. The summed E-state index contributed by atoms with van der Waals surface area (Å²) in [6, 6.07) is 13.9. The number of hydrogen-bond donors (Lipinski definition) is 6. The maximum Gasteiger partial charge on any atom is 1.00 e. The number of hydroxylamine groups is 2. The Balaban J connectivity index is 0.000000321. The molecule has 0 atom stereocenters. The van der Waals surface area contributed by atoms with E-state index in [0.717, 1.165) is 11.8 Å². The predicted octanol–water partition coefficient (Wildman–Crippen LogP) is 1.74. The van der Waals surface area contributed by atoms with Crippen molar-refractivity contribution in [3.63, 3.8) is 0 Å². The Bertz CT molecular complexity index is 2400. The van der Waals surface area contributed by atoms with E-state index in [4.69, 9.17) is 9.84 Å². The molecule has 6 rings (SSSR count). The van der Waals surface area contributed by atoms with E-state index < -0.39 is 28.1 Å². The van der Waals surface area contributed by atoms with Crippen molar-refractivity contribution in [1.82, 2.24) is 52.0 Å². The summed E-state index contributed by atoms with van der Waals surface area (Å²) >= 11 is 10.4. The molecule has 6 aromatic rings. The second-order valence-electron chi connectivity index (χ2n) is 9.70. The van der Waals surface area contributed by atoms with Crippen LogP contribution in [0.15, 0.2) is 103 Å². The van der Waals surface area contributed by atoms with Crippen LogP contribution >= 0.6 is 59.6 Å². The maximum atomic E-state index is 13.3. The molecule has 0 saturated carbocycles. The van der Waals surface area contributed by atoms with Crippen LogP contribution in [-0.2, 0) is 24.6 Å². The van der Waals surface area contributed by atoms with Crippen molar-refractivity contribution >= 4 is 102 Å². The molecule has 29 heteroatoms. The molecule has 0 radical (unpaired) electrons. The summed E-state index contributed by atoms with van der Waals surface area (Å²) in [5, 5.41) is 56.2. The van der Waals surface area contributed by atoms with Gasteiger partial charge in [0.2, 0.25) is 0 Å². The minimum Gasteiger partial charge on any atom is -0.813 e. The van der Waals surface area contributed by atoms with Gasteiger partial charge in [-0.3, -0.25) is 25.5 Å². The number of nitrogens with one attached hydrogen (secondary N) is 4. The van der Waals surface area contributed by atoms with Crippen molar-refractivity contribution < 1.29 is 62.9 Å². The molecule has 0 fully saturated rings. The largest absolute Gasteiger partial charge is 1.00 e. The summed E-state index contributed by atoms with van der Waals surface area (Å²) in [5.41, 5.74) is 4.93. The number of benzene rings is 2. The van der Waals surface area contributed by atoms with Gasteiger partial charge in [-0.1, -0.05) is 27.7 Å².